The number of nitrogens with zero attached hydrogens (tertiary/aromatic N) is 2. The molecule has 0 saturated carbocycles. The fourth-order valence-corrected chi connectivity index (χ4v) is 4.09. The molecule has 4 rings (SSSR count). The second-order valence-electron chi connectivity index (χ2n) is 7.87. The van der Waals surface area contributed by atoms with E-state index >= 15 is 0 Å². The van der Waals surface area contributed by atoms with Crippen LogP contribution in [0.3, 0.4) is 0 Å². The van der Waals surface area contributed by atoms with Gasteiger partial charge in [-0.2, -0.15) is 5.10 Å². The summed E-state index contributed by atoms with van der Waals surface area (Å²) in [6.07, 6.45) is 4.68. The topological polar surface area (TPSA) is 68.2 Å². The second-order valence-corrected chi connectivity index (χ2v) is 7.87. The monoisotopic (exact) mass is 422 g/mol. The lowest BCUT2D eigenvalue weighted by molar-refractivity contribution is 0.232. The summed E-state index contributed by atoms with van der Waals surface area (Å²) < 4.78 is 20.7. The first-order chi connectivity index (χ1) is 15.0. The summed E-state index contributed by atoms with van der Waals surface area (Å²) >= 11 is 0. The maximum absolute atomic E-state index is 13.7. The van der Waals surface area contributed by atoms with Gasteiger partial charge in [0.1, 0.15) is 0 Å². The van der Waals surface area contributed by atoms with Gasteiger partial charge in [-0.05, 0) is 49.4 Å². The molecule has 162 valence electrons. The Labute approximate surface area is 181 Å². The maximum Gasteiger partial charge on any atom is 0.315 e. The first-order valence-electron chi connectivity index (χ1n) is 10.5. The molecule has 7 heteroatoms. The van der Waals surface area contributed by atoms with Crippen LogP contribution in [0, 0.1) is 5.82 Å². The van der Waals surface area contributed by atoms with E-state index in [2.05, 4.69) is 27.9 Å². The predicted octanol–water partition coefficient (Wildman–Crippen LogP) is 4.52. The van der Waals surface area contributed by atoms with Crippen molar-refractivity contribution in [2.45, 2.75) is 44.8 Å². The Hall–Kier alpha value is -3.35. The summed E-state index contributed by atoms with van der Waals surface area (Å²) in [4.78, 5) is 12.7. The highest BCUT2D eigenvalue weighted by Crippen LogP contribution is 2.30. The molecule has 1 aliphatic rings. The van der Waals surface area contributed by atoms with Crippen molar-refractivity contribution in [2.24, 2.45) is 0 Å². The number of urea groups is 1. The summed E-state index contributed by atoms with van der Waals surface area (Å²) in [5, 5.41) is 10.6. The van der Waals surface area contributed by atoms with Gasteiger partial charge in [-0.25, -0.2) is 9.18 Å². The molecule has 1 aliphatic carbocycles. The number of amides is 2. The highest BCUT2D eigenvalue weighted by molar-refractivity contribution is 5.75. The molecular weight excluding hydrogens is 395 g/mol. The van der Waals surface area contributed by atoms with Gasteiger partial charge in [0.15, 0.2) is 11.6 Å². The maximum atomic E-state index is 13.7. The largest absolute Gasteiger partial charge is 0.494 e. The number of ether oxygens (including phenoxy) is 1. The molecule has 1 heterocycles. The van der Waals surface area contributed by atoms with E-state index in [1.807, 2.05) is 36.0 Å². The molecule has 2 N–H and O–H groups in total. The molecule has 2 aromatic carbocycles. The molecule has 0 saturated heterocycles. The van der Waals surface area contributed by atoms with Crippen molar-refractivity contribution in [3.8, 4) is 5.75 Å². The van der Waals surface area contributed by atoms with Gasteiger partial charge in [0.05, 0.1) is 31.9 Å². The lowest BCUT2D eigenvalue weighted by atomic mass is 9.93. The summed E-state index contributed by atoms with van der Waals surface area (Å²) in [5.74, 6) is -0.264. The fraction of sp³-hybridized carbons (Fsp3) is 0.333. The van der Waals surface area contributed by atoms with E-state index in [-0.39, 0.29) is 23.9 Å². The number of methoxy groups -OCH3 is 1. The SMILES string of the molecule is COc1cc(C(C)NC(=O)NC2CCCc3c2cnn3Cc2ccccc2)ccc1F. The molecule has 6 nitrogen and oxygen atoms in total. The average Bonchev–Trinajstić information content (AvgIpc) is 3.18. The van der Waals surface area contributed by atoms with Crippen molar-refractivity contribution >= 4 is 6.03 Å². The van der Waals surface area contributed by atoms with Gasteiger partial charge in [0, 0.05) is 11.3 Å². The number of carbonyl (C=O) groups excluding carboxylic acids is 1. The van der Waals surface area contributed by atoms with Crippen molar-refractivity contribution in [3.63, 3.8) is 0 Å². The minimum Gasteiger partial charge on any atom is -0.494 e. The van der Waals surface area contributed by atoms with Crippen LogP contribution in [0.15, 0.2) is 54.7 Å². The van der Waals surface area contributed by atoms with Crippen molar-refractivity contribution in [1.82, 2.24) is 20.4 Å². The van der Waals surface area contributed by atoms with E-state index < -0.39 is 5.82 Å². The van der Waals surface area contributed by atoms with Gasteiger partial charge >= 0.3 is 6.03 Å². The molecule has 0 radical (unpaired) electrons. The molecule has 0 fully saturated rings. The van der Waals surface area contributed by atoms with Crippen LogP contribution in [0.4, 0.5) is 9.18 Å². The Morgan fingerprint density at radius 1 is 1.29 bits per heavy atom. The van der Waals surface area contributed by atoms with Crippen LogP contribution in [0.2, 0.25) is 0 Å². The van der Waals surface area contributed by atoms with Crippen LogP contribution in [-0.2, 0) is 13.0 Å². The Morgan fingerprint density at radius 2 is 2.10 bits per heavy atom. The molecule has 1 aromatic heterocycles. The van der Waals surface area contributed by atoms with E-state index in [9.17, 15) is 9.18 Å². The smallest absolute Gasteiger partial charge is 0.315 e. The molecule has 0 spiro atoms. The quantitative estimate of drug-likeness (QED) is 0.614. The van der Waals surface area contributed by atoms with Crippen LogP contribution < -0.4 is 15.4 Å². The summed E-state index contributed by atoms with van der Waals surface area (Å²) in [6, 6.07) is 14.2. The molecular formula is C24H27FN4O2. The van der Waals surface area contributed by atoms with E-state index in [0.29, 0.717) is 0 Å². The Balaban J connectivity index is 1.42. The molecule has 2 amide bonds. The zero-order valence-corrected chi connectivity index (χ0v) is 17.8. The first-order valence-corrected chi connectivity index (χ1v) is 10.5. The van der Waals surface area contributed by atoms with Crippen LogP contribution in [0.25, 0.3) is 0 Å². The minimum atomic E-state index is -0.426. The van der Waals surface area contributed by atoms with Crippen molar-refractivity contribution in [3.05, 3.63) is 82.9 Å². The number of fused-ring (bicyclic) bond motifs is 1. The van der Waals surface area contributed by atoms with Crippen LogP contribution in [0.5, 0.6) is 5.75 Å². The zero-order valence-electron chi connectivity index (χ0n) is 17.8. The van der Waals surface area contributed by atoms with Crippen molar-refractivity contribution < 1.29 is 13.9 Å². The molecule has 3 aromatic rings. The standard InChI is InChI=1S/C24H27FN4O2/c1-16(18-11-12-20(25)23(13-18)31-2)27-24(30)28-21-9-6-10-22-19(21)14-26-29(22)15-17-7-4-3-5-8-17/h3-5,7-8,11-14,16,21H,6,9-10,15H2,1-2H3,(H2,27,28,30). The van der Waals surface area contributed by atoms with Crippen LogP contribution in [0.1, 0.15) is 54.2 Å². The van der Waals surface area contributed by atoms with E-state index in [0.717, 1.165) is 36.9 Å². The zero-order chi connectivity index (χ0) is 21.8. The number of halogens is 1. The van der Waals surface area contributed by atoms with E-state index in [1.54, 1.807) is 12.1 Å². The Morgan fingerprint density at radius 3 is 2.87 bits per heavy atom. The van der Waals surface area contributed by atoms with E-state index in [4.69, 9.17) is 4.74 Å². The average molecular weight is 423 g/mol. The molecule has 0 aliphatic heterocycles. The lowest BCUT2D eigenvalue weighted by Crippen LogP contribution is -2.40. The van der Waals surface area contributed by atoms with Gasteiger partial charge in [-0.3, -0.25) is 4.68 Å². The van der Waals surface area contributed by atoms with E-state index in [1.165, 1.54) is 24.4 Å². The van der Waals surface area contributed by atoms with Gasteiger partial charge < -0.3 is 15.4 Å². The van der Waals surface area contributed by atoms with Gasteiger partial charge in [-0.1, -0.05) is 36.4 Å². The third-order valence-corrected chi connectivity index (χ3v) is 5.77. The predicted molar refractivity (Wildman–Crippen MR) is 116 cm³/mol. The summed E-state index contributed by atoms with van der Waals surface area (Å²) in [5.41, 5.74) is 4.23. The second kappa shape index (κ2) is 9.20. The Kier molecular flexibility index (Phi) is 6.21. The Bertz CT molecular complexity index is 1050. The number of hydrogen-bond donors (Lipinski definition) is 2. The van der Waals surface area contributed by atoms with Crippen LogP contribution in [-0.4, -0.2) is 22.9 Å². The first kappa shape index (κ1) is 20.9. The van der Waals surface area contributed by atoms with Crippen molar-refractivity contribution in [2.75, 3.05) is 7.11 Å². The van der Waals surface area contributed by atoms with Crippen LogP contribution >= 0.6 is 0 Å². The number of rotatable bonds is 6. The normalized spacial score (nSPS) is 16.3. The highest BCUT2D eigenvalue weighted by atomic mass is 19.1. The highest BCUT2D eigenvalue weighted by Gasteiger charge is 2.26. The summed E-state index contributed by atoms with van der Waals surface area (Å²) in [6.45, 7) is 2.58. The van der Waals surface area contributed by atoms with Gasteiger partial charge in [0.2, 0.25) is 0 Å². The third kappa shape index (κ3) is 4.71. The van der Waals surface area contributed by atoms with Crippen molar-refractivity contribution in [1.29, 1.82) is 0 Å². The lowest BCUT2D eigenvalue weighted by Gasteiger charge is -2.25. The minimum absolute atomic E-state index is 0.0803. The number of benzene rings is 2. The van der Waals surface area contributed by atoms with Gasteiger partial charge in [-0.15, -0.1) is 0 Å². The molecule has 2 unspecified atom stereocenters. The molecule has 0 bridgehead atoms. The summed E-state index contributed by atoms with van der Waals surface area (Å²) in [7, 11) is 1.42. The van der Waals surface area contributed by atoms with Gasteiger partial charge in [0.25, 0.3) is 0 Å². The number of nitrogens with one attached hydrogen (secondary N) is 2. The molecule has 2 atom stereocenters. The third-order valence-electron chi connectivity index (χ3n) is 5.77. The fourth-order valence-electron chi connectivity index (χ4n) is 4.09. The molecule has 31 heavy (non-hydrogen) atoms. The number of aromatic nitrogens is 2. The number of carbonyl (C=O) groups is 1. The number of hydrogen-bond acceptors (Lipinski definition) is 3.